The fourth-order valence-corrected chi connectivity index (χ4v) is 6.39. The van der Waals surface area contributed by atoms with Crippen LogP contribution >= 0.6 is 12.4 Å². The van der Waals surface area contributed by atoms with Gasteiger partial charge >= 0.3 is 0 Å². The lowest BCUT2D eigenvalue weighted by Gasteiger charge is -2.31. The number of amides is 2. The van der Waals surface area contributed by atoms with E-state index in [0.29, 0.717) is 19.5 Å². The first-order valence-corrected chi connectivity index (χ1v) is 12.8. The number of piperazine rings is 1. The van der Waals surface area contributed by atoms with Gasteiger partial charge in [0.2, 0.25) is 15.9 Å². The largest absolute Gasteiger partial charge is 0.455 e. The van der Waals surface area contributed by atoms with Gasteiger partial charge in [-0.1, -0.05) is 13.8 Å². The fraction of sp³-hybridized carbons (Fsp3) is 0.714. The number of carbonyl (C=O) groups excluding carboxylic acids is 2. The number of hydrogen-bond acceptors (Lipinski definition) is 7. The molecule has 0 N–H and O–H groups in total. The van der Waals surface area contributed by atoms with Crippen LogP contribution in [-0.2, 0) is 21.4 Å². The molecule has 3 fully saturated rings. The first-order valence-electron chi connectivity index (χ1n) is 10.9. The summed E-state index contributed by atoms with van der Waals surface area (Å²) in [4.78, 5) is 32.5. The maximum absolute atomic E-state index is 13.3. The van der Waals surface area contributed by atoms with E-state index in [4.69, 9.17) is 4.42 Å². The number of likely N-dealkylation sites (N-methyl/N-ethyl adjacent to an activating group) is 1. The molecular formula is C21H33ClN4O5S. The second-order valence-corrected chi connectivity index (χ2v) is 11.2. The summed E-state index contributed by atoms with van der Waals surface area (Å²) in [6, 6.07) is 2.57. The molecule has 0 bridgehead atoms. The van der Waals surface area contributed by atoms with Crippen LogP contribution in [0.25, 0.3) is 0 Å². The van der Waals surface area contributed by atoms with E-state index >= 15 is 0 Å². The van der Waals surface area contributed by atoms with Crippen LogP contribution in [0.15, 0.2) is 16.5 Å². The molecule has 0 aromatic carbocycles. The van der Waals surface area contributed by atoms with Gasteiger partial charge in [-0.05, 0) is 31.5 Å². The molecule has 3 aliphatic heterocycles. The van der Waals surface area contributed by atoms with Gasteiger partial charge in [0.05, 0.1) is 30.8 Å². The summed E-state index contributed by atoms with van der Waals surface area (Å²) in [6.07, 6.45) is 1.51. The quantitative estimate of drug-likeness (QED) is 0.612. The van der Waals surface area contributed by atoms with Crippen molar-refractivity contribution < 1.29 is 22.4 Å². The third-order valence-corrected chi connectivity index (χ3v) is 7.94. The van der Waals surface area contributed by atoms with E-state index in [-0.39, 0.29) is 30.0 Å². The Balaban J connectivity index is 0.00000289. The predicted molar refractivity (Wildman–Crippen MR) is 122 cm³/mol. The third-order valence-electron chi connectivity index (χ3n) is 6.78. The van der Waals surface area contributed by atoms with Gasteiger partial charge in [-0.3, -0.25) is 14.5 Å². The summed E-state index contributed by atoms with van der Waals surface area (Å²) in [5.41, 5.74) is 0. The molecule has 2 amide bonds. The van der Waals surface area contributed by atoms with Gasteiger partial charge in [0.25, 0.3) is 5.91 Å². The van der Waals surface area contributed by atoms with Gasteiger partial charge in [-0.2, -0.15) is 0 Å². The molecule has 0 saturated carbocycles. The van der Waals surface area contributed by atoms with Gasteiger partial charge in [-0.25, -0.2) is 12.7 Å². The number of furan rings is 1. The van der Waals surface area contributed by atoms with Gasteiger partial charge in [0, 0.05) is 32.7 Å². The number of likely N-dealkylation sites (tertiary alicyclic amines) is 1. The number of halogens is 1. The molecule has 0 spiro atoms. The third kappa shape index (κ3) is 4.55. The lowest BCUT2D eigenvalue weighted by atomic mass is 9.88. The summed E-state index contributed by atoms with van der Waals surface area (Å²) in [5.74, 6) is -0.302. The topological polar surface area (TPSA) is 94.4 Å². The van der Waals surface area contributed by atoms with Crippen molar-refractivity contribution in [2.24, 2.45) is 11.8 Å². The van der Waals surface area contributed by atoms with Crippen molar-refractivity contribution in [3.05, 3.63) is 23.7 Å². The van der Waals surface area contributed by atoms with Crippen LogP contribution in [0.3, 0.4) is 0 Å². The molecule has 3 atom stereocenters. The van der Waals surface area contributed by atoms with Crippen LogP contribution in [-0.4, -0.2) is 97.3 Å². The van der Waals surface area contributed by atoms with Crippen LogP contribution in [0, 0.1) is 11.8 Å². The Labute approximate surface area is 196 Å². The Bertz CT molecular complexity index is 957. The standard InChI is InChI=1S/C21H32N4O5S.ClH/c1-14(2)18-19-16(25(21(18)27)31(4,28)29)7-8-24(19)20(26)17-6-5-15(30-17)13-23-11-9-22(3)10-12-23;/h5-6,14,16,18-19H,7-13H2,1-4H3;1H/t16-,18+,19-;/m0./s1. The highest BCUT2D eigenvalue weighted by atomic mass is 35.5. The van der Waals surface area contributed by atoms with E-state index in [2.05, 4.69) is 16.8 Å². The smallest absolute Gasteiger partial charge is 0.289 e. The van der Waals surface area contributed by atoms with Crippen molar-refractivity contribution in [3.63, 3.8) is 0 Å². The Morgan fingerprint density at radius 3 is 2.41 bits per heavy atom. The molecule has 4 heterocycles. The lowest BCUT2D eigenvalue weighted by molar-refractivity contribution is -0.129. The van der Waals surface area contributed by atoms with Crippen LogP contribution < -0.4 is 0 Å². The molecule has 1 aromatic heterocycles. The average molecular weight is 489 g/mol. The van der Waals surface area contributed by atoms with E-state index in [1.807, 2.05) is 19.9 Å². The highest BCUT2D eigenvalue weighted by Gasteiger charge is 2.58. The van der Waals surface area contributed by atoms with Crippen LogP contribution in [0.1, 0.15) is 36.6 Å². The van der Waals surface area contributed by atoms with Gasteiger partial charge in [0.1, 0.15) is 5.76 Å². The number of rotatable bonds is 5. The van der Waals surface area contributed by atoms with E-state index in [1.165, 1.54) is 0 Å². The van der Waals surface area contributed by atoms with Crippen molar-refractivity contribution >= 4 is 34.2 Å². The monoisotopic (exact) mass is 488 g/mol. The van der Waals surface area contributed by atoms with E-state index < -0.39 is 33.9 Å². The van der Waals surface area contributed by atoms with Gasteiger partial charge in [-0.15, -0.1) is 12.4 Å². The molecular weight excluding hydrogens is 456 g/mol. The zero-order chi connectivity index (χ0) is 22.5. The lowest BCUT2D eigenvalue weighted by Crippen LogP contribution is -2.44. The molecule has 4 rings (SSSR count). The maximum atomic E-state index is 13.3. The average Bonchev–Trinajstić information content (AvgIpc) is 3.36. The molecule has 180 valence electrons. The molecule has 9 nitrogen and oxygen atoms in total. The number of sulfonamides is 1. The summed E-state index contributed by atoms with van der Waals surface area (Å²) in [5, 5.41) is 0. The first kappa shape index (κ1) is 25.0. The van der Waals surface area contributed by atoms with Crippen LogP contribution in [0.2, 0.25) is 0 Å². The van der Waals surface area contributed by atoms with E-state index in [1.54, 1.807) is 11.0 Å². The minimum Gasteiger partial charge on any atom is -0.455 e. The summed E-state index contributed by atoms with van der Waals surface area (Å²) in [6.45, 7) is 8.77. The highest BCUT2D eigenvalue weighted by molar-refractivity contribution is 7.88. The Hall–Kier alpha value is -1.62. The molecule has 0 aliphatic carbocycles. The summed E-state index contributed by atoms with van der Waals surface area (Å²) in [7, 11) is -1.58. The fourth-order valence-electron chi connectivity index (χ4n) is 5.22. The molecule has 3 aliphatic rings. The van der Waals surface area contributed by atoms with Crippen molar-refractivity contribution in [1.82, 2.24) is 19.0 Å². The number of carbonyl (C=O) groups is 2. The number of nitrogens with zero attached hydrogens (tertiary/aromatic N) is 4. The Morgan fingerprint density at radius 1 is 1.16 bits per heavy atom. The number of hydrogen-bond donors (Lipinski definition) is 0. The zero-order valence-corrected chi connectivity index (χ0v) is 20.7. The maximum Gasteiger partial charge on any atom is 0.289 e. The first-order chi connectivity index (χ1) is 14.6. The second kappa shape index (κ2) is 9.32. The SMILES string of the molecule is CC(C)[C@H]1C(=O)N(S(C)(=O)=O)[C@H]2CCN(C(=O)c3ccc(CN4CCN(C)CC4)o3)[C@H]12.Cl. The Kier molecular flexibility index (Phi) is 7.29. The summed E-state index contributed by atoms with van der Waals surface area (Å²) >= 11 is 0. The van der Waals surface area contributed by atoms with E-state index in [0.717, 1.165) is 42.5 Å². The summed E-state index contributed by atoms with van der Waals surface area (Å²) < 4.78 is 31.5. The molecule has 0 radical (unpaired) electrons. The van der Waals surface area contributed by atoms with Crippen LogP contribution in [0.4, 0.5) is 0 Å². The van der Waals surface area contributed by atoms with Crippen molar-refractivity contribution in [2.75, 3.05) is 46.0 Å². The van der Waals surface area contributed by atoms with Gasteiger partial charge < -0.3 is 14.2 Å². The molecule has 3 saturated heterocycles. The Morgan fingerprint density at radius 2 is 1.81 bits per heavy atom. The van der Waals surface area contributed by atoms with Crippen molar-refractivity contribution in [3.8, 4) is 0 Å². The van der Waals surface area contributed by atoms with E-state index in [9.17, 15) is 18.0 Å². The second-order valence-electron chi connectivity index (χ2n) is 9.36. The molecule has 11 heteroatoms. The molecule has 1 aromatic rings. The van der Waals surface area contributed by atoms with Crippen LogP contribution in [0.5, 0.6) is 0 Å². The van der Waals surface area contributed by atoms with Crippen molar-refractivity contribution in [1.29, 1.82) is 0 Å². The minimum absolute atomic E-state index is 0. The van der Waals surface area contributed by atoms with Crippen molar-refractivity contribution in [2.45, 2.75) is 38.9 Å². The normalized spacial score (nSPS) is 27.2. The molecule has 0 unspecified atom stereocenters. The zero-order valence-electron chi connectivity index (χ0n) is 19.1. The molecule has 32 heavy (non-hydrogen) atoms. The minimum atomic E-state index is -3.69. The highest BCUT2D eigenvalue weighted by Crippen LogP contribution is 2.41. The predicted octanol–water partition coefficient (Wildman–Crippen LogP) is 1.11. The van der Waals surface area contributed by atoms with Gasteiger partial charge in [0.15, 0.2) is 5.76 Å². The number of fused-ring (bicyclic) bond motifs is 1.